The van der Waals surface area contributed by atoms with Crippen molar-refractivity contribution in [2.75, 3.05) is 13.1 Å². The molecule has 88 valence electrons. The number of carbonyl (C=O) groups is 1. The molecule has 4 nitrogen and oxygen atoms in total. The maximum Gasteiger partial charge on any atom is 0.231 e. The van der Waals surface area contributed by atoms with Crippen LogP contribution < -0.4 is 5.73 Å². The molecule has 0 fully saturated rings. The van der Waals surface area contributed by atoms with Gasteiger partial charge < -0.3 is 5.73 Å². The fourth-order valence-electron chi connectivity index (χ4n) is 1.29. The van der Waals surface area contributed by atoms with E-state index in [2.05, 4.69) is 4.98 Å². The van der Waals surface area contributed by atoms with Crippen molar-refractivity contribution in [2.45, 2.75) is 13.5 Å². The van der Waals surface area contributed by atoms with Crippen molar-refractivity contribution < 1.29 is 4.79 Å². The molecule has 0 aliphatic rings. The van der Waals surface area contributed by atoms with Gasteiger partial charge in [0.15, 0.2) is 0 Å². The number of hydrogen-bond donors (Lipinski definition) is 1. The molecule has 0 spiro atoms. The zero-order valence-corrected chi connectivity index (χ0v) is 10.4. The van der Waals surface area contributed by atoms with Crippen LogP contribution in [0.3, 0.4) is 0 Å². The van der Waals surface area contributed by atoms with E-state index in [0.29, 0.717) is 23.3 Å². The summed E-state index contributed by atoms with van der Waals surface area (Å²) in [7, 11) is 0. The zero-order valence-electron chi connectivity index (χ0n) is 8.91. The van der Waals surface area contributed by atoms with Crippen molar-refractivity contribution in [3.63, 3.8) is 0 Å². The van der Waals surface area contributed by atoms with Crippen LogP contribution in [-0.4, -0.2) is 28.9 Å². The van der Waals surface area contributed by atoms with Crippen molar-refractivity contribution in [3.8, 4) is 0 Å². The molecular formula is C10H13Cl2N3O. The summed E-state index contributed by atoms with van der Waals surface area (Å²) < 4.78 is 0. The molecule has 0 bridgehead atoms. The van der Waals surface area contributed by atoms with Crippen molar-refractivity contribution >= 4 is 29.1 Å². The summed E-state index contributed by atoms with van der Waals surface area (Å²) >= 11 is 11.7. The highest BCUT2D eigenvalue weighted by molar-refractivity contribution is 6.34. The summed E-state index contributed by atoms with van der Waals surface area (Å²) in [6, 6.07) is 1.58. The second-order valence-corrected chi connectivity index (χ2v) is 4.16. The summed E-state index contributed by atoms with van der Waals surface area (Å²) in [5, 5.41) is 0.898. The maximum atomic E-state index is 10.8. The van der Waals surface area contributed by atoms with Crippen molar-refractivity contribution in [2.24, 2.45) is 5.73 Å². The molecule has 6 heteroatoms. The van der Waals surface area contributed by atoms with E-state index in [0.717, 1.165) is 5.56 Å². The summed E-state index contributed by atoms with van der Waals surface area (Å²) in [6.07, 6.45) is 1.61. The zero-order chi connectivity index (χ0) is 12.1. The predicted octanol–water partition coefficient (Wildman–Crippen LogP) is 1.70. The number of pyridine rings is 1. The summed E-state index contributed by atoms with van der Waals surface area (Å²) in [5.74, 6) is -0.361. The Morgan fingerprint density at radius 1 is 1.56 bits per heavy atom. The Labute approximate surface area is 104 Å². The summed E-state index contributed by atoms with van der Waals surface area (Å²) in [6.45, 7) is 3.39. The Kier molecular flexibility index (Phi) is 4.99. The SMILES string of the molecule is CCN(CC(N)=O)Cc1cnc(Cl)cc1Cl. The van der Waals surface area contributed by atoms with Crippen LogP contribution in [0.15, 0.2) is 12.3 Å². The van der Waals surface area contributed by atoms with Gasteiger partial charge in [0.1, 0.15) is 5.15 Å². The van der Waals surface area contributed by atoms with Crippen LogP contribution >= 0.6 is 23.2 Å². The Hall–Kier alpha value is -0.840. The highest BCUT2D eigenvalue weighted by Crippen LogP contribution is 2.19. The van der Waals surface area contributed by atoms with Crippen molar-refractivity contribution in [1.29, 1.82) is 0 Å². The second kappa shape index (κ2) is 6.03. The fraction of sp³-hybridized carbons (Fsp3) is 0.400. The van der Waals surface area contributed by atoms with E-state index in [1.165, 1.54) is 0 Å². The lowest BCUT2D eigenvalue weighted by Gasteiger charge is -2.18. The molecule has 0 saturated heterocycles. The standard InChI is InChI=1S/C10H13Cl2N3O/c1-2-15(6-10(13)16)5-7-4-14-9(12)3-8(7)11/h3-4H,2,5-6H2,1H3,(H2,13,16). The molecule has 0 atom stereocenters. The van der Waals surface area contributed by atoms with E-state index >= 15 is 0 Å². The average Bonchev–Trinajstić information content (AvgIpc) is 2.20. The van der Waals surface area contributed by atoms with Gasteiger partial charge in [-0.05, 0) is 12.6 Å². The molecule has 0 unspecified atom stereocenters. The molecule has 1 aromatic rings. The number of nitrogens with zero attached hydrogens (tertiary/aromatic N) is 2. The number of likely N-dealkylation sites (N-methyl/N-ethyl adjacent to an activating group) is 1. The minimum absolute atomic E-state index is 0.204. The van der Waals surface area contributed by atoms with Gasteiger partial charge in [-0.3, -0.25) is 9.69 Å². The Balaban J connectivity index is 2.73. The van der Waals surface area contributed by atoms with Gasteiger partial charge >= 0.3 is 0 Å². The first-order valence-corrected chi connectivity index (χ1v) is 5.59. The predicted molar refractivity (Wildman–Crippen MR) is 64.4 cm³/mol. The van der Waals surface area contributed by atoms with E-state index in [1.54, 1.807) is 12.3 Å². The number of hydrogen-bond acceptors (Lipinski definition) is 3. The molecule has 1 heterocycles. The largest absolute Gasteiger partial charge is 0.369 e. The Morgan fingerprint density at radius 2 is 2.25 bits per heavy atom. The van der Waals surface area contributed by atoms with Crippen LogP contribution in [0.4, 0.5) is 0 Å². The van der Waals surface area contributed by atoms with Crippen LogP contribution in [0.1, 0.15) is 12.5 Å². The lowest BCUT2D eigenvalue weighted by molar-refractivity contribution is -0.119. The first kappa shape index (κ1) is 13.2. The number of primary amides is 1. The van der Waals surface area contributed by atoms with Gasteiger partial charge in [-0.2, -0.15) is 0 Å². The molecule has 0 aliphatic carbocycles. The van der Waals surface area contributed by atoms with Crippen LogP contribution in [-0.2, 0) is 11.3 Å². The average molecular weight is 262 g/mol. The lowest BCUT2D eigenvalue weighted by atomic mass is 10.2. The van der Waals surface area contributed by atoms with E-state index in [-0.39, 0.29) is 12.5 Å². The van der Waals surface area contributed by atoms with Crippen LogP contribution in [0.25, 0.3) is 0 Å². The second-order valence-electron chi connectivity index (χ2n) is 3.37. The number of nitrogens with two attached hydrogens (primary N) is 1. The third-order valence-electron chi connectivity index (χ3n) is 2.12. The quantitative estimate of drug-likeness (QED) is 0.821. The monoisotopic (exact) mass is 261 g/mol. The number of halogens is 2. The van der Waals surface area contributed by atoms with Gasteiger partial charge in [-0.1, -0.05) is 30.1 Å². The number of carbonyl (C=O) groups excluding carboxylic acids is 1. The van der Waals surface area contributed by atoms with Gasteiger partial charge in [0.25, 0.3) is 0 Å². The third kappa shape index (κ3) is 3.96. The number of amides is 1. The topological polar surface area (TPSA) is 59.2 Å². The normalized spacial score (nSPS) is 10.8. The molecular weight excluding hydrogens is 249 g/mol. The molecule has 0 aromatic carbocycles. The maximum absolute atomic E-state index is 10.8. The molecule has 0 radical (unpaired) electrons. The van der Waals surface area contributed by atoms with Crippen molar-refractivity contribution in [3.05, 3.63) is 28.0 Å². The van der Waals surface area contributed by atoms with E-state index < -0.39 is 0 Å². The van der Waals surface area contributed by atoms with Gasteiger partial charge in [-0.25, -0.2) is 4.98 Å². The Morgan fingerprint density at radius 3 is 2.75 bits per heavy atom. The fourth-order valence-corrected chi connectivity index (χ4v) is 1.72. The van der Waals surface area contributed by atoms with E-state index in [9.17, 15) is 4.79 Å². The number of aromatic nitrogens is 1. The van der Waals surface area contributed by atoms with Crippen LogP contribution in [0.5, 0.6) is 0 Å². The molecule has 2 N–H and O–H groups in total. The van der Waals surface area contributed by atoms with Crippen LogP contribution in [0.2, 0.25) is 10.2 Å². The van der Waals surface area contributed by atoms with Gasteiger partial charge in [0.2, 0.25) is 5.91 Å². The molecule has 1 rings (SSSR count). The van der Waals surface area contributed by atoms with E-state index in [4.69, 9.17) is 28.9 Å². The van der Waals surface area contributed by atoms with Crippen molar-refractivity contribution in [1.82, 2.24) is 9.88 Å². The molecule has 1 aromatic heterocycles. The van der Waals surface area contributed by atoms with Crippen LogP contribution in [0, 0.1) is 0 Å². The molecule has 1 amide bonds. The summed E-state index contributed by atoms with van der Waals surface area (Å²) in [4.78, 5) is 16.6. The lowest BCUT2D eigenvalue weighted by Crippen LogP contribution is -2.33. The molecule has 0 aliphatic heterocycles. The Bertz CT molecular complexity index is 384. The highest BCUT2D eigenvalue weighted by Gasteiger charge is 2.10. The third-order valence-corrected chi connectivity index (χ3v) is 2.68. The van der Waals surface area contributed by atoms with E-state index in [1.807, 2.05) is 11.8 Å². The smallest absolute Gasteiger partial charge is 0.231 e. The van der Waals surface area contributed by atoms with Gasteiger partial charge in [-0.15, -0.1) is 0 Å². The molecule has 16 heavy (non-hydrogen) atoms. The minimum Gasteiger partial charge on any atom is -0.369 e. The highest BCUT2D eigenvalue weighted by atomic mass is 35.5. The van der Waals surface area contributed by atoms with Gasteiger partial charge in [0, 0.05) is 23.3 Å². The number of rotatable bonds is 5. The summed E-state index contributed by atoms with van der Waals surface area (Å²) in [5.41, 5.74) is 5.96. The first-order chi connectivity index (χ1) is 7.52. The minimum atomic E-state index is -0.361. The first-order valence-electron chi connectivity index (χ1n) is 4.83. The van der Waals surface area contributed by atoms with Gasteiger partial charge in [0.05, 0.1) is 6.54 Å². The molecule has 0 saturated carbocycles.